The SMILES string of the molecule is COc1ccc(OCC(=O)N/N=C/c2c(C)n(C)n(-c3ccccc3)c2=O)c(Br)c1. The van der Waals surface area contributed by atoms with E-state index in [1.165, 1.54) is 6.21 Å². The number of benzene rings is 2. The van der Waals surface area contributed by atoms with Crippen molar-refractivity contribution < 1.29 is 14.3 Å². The fourth-order valence-electron chi connectivity index (χ4n) is 2.81. The van der Waals surface area contributed by atoms with Crippen molar-refractivity contribution in [3.63, 3.8) is 0 Å². The maximum Gasteiger partial charge on any atom is 0.280 e. The Morgan fingerprint density at radius 3 is 2.63 bits per heavy atom. The molecule has 1 amide bonds. The smallest absolute Gasteiger partial charge is 0.280 e. The van der Waals surface area contributed by atoms with E-state index in [1.807, 2.05) is 37.3 Å². The van der Waals surface area contributed by atoms with Gasteiger partial charge < -0.3 is 9.47 Å². The average Bonchev–Trinajstić information content (AvgIpc) is 2.96. The van der Waals surface area contributed by atoms with Gasteiger partial charge in [-0.15, -0.1) is 0 Å². The molecule has 0 aliphatic rings. The lowest BCUT2D eigenvalue weighted by molar-refractivity contribution is -0.123. The maximum absolute atomic E-state index is 12.8. The summed E-state index contributed by atoms with van der Waals surface area (Å²) in [6.45, 7) is 1.58. The lowest BCUT2D eigenvalue weighted by Gasteiger charge is -2.08. The summed E-state index contributed by atoms with van der Waals surface area (Å²) < 4.78 is 14.5. The fraction of sp³-hybridized carbons (Fsp3) is 0.190. The molecule has 2 aromatic carbocycles. The first-order chi connectivity index (χ1) is 14.4. The lowest BCUT2D eigenvalue weighted by atomic mass is 10.3. The molecular formula is C21H21BrN4O4. The van der Waals surface area contributed by atoms with E-state index >= 15 is 0 Å². The van der Waals surface area contributed by atoms with E-state index < -0.39 is 5.91 Å². The maximum atomic E-state index is 12.8. The Balaban J connectivity index is 1.66. The van der Waals surface area contributed by atoms with Crippen LogP contribution in [-0.2, 0) is 11.8 Å². The molecule has 0 fully saturated rings. The minimum absolute atomic E-state index is 0.224. The Hall–Kier alpha value is -3.33. The topological polar surface area (TPSA) is 86.8 Å². The van der Waals surface area contributed by atoms with E-state index in [9.17, 15) is 9.59 Å². The number of halogens is 1. The predicted octanol–water partition coefficient (Wildman–Crippen LogP) is 2.78. The fourth-order valence-corrected chi connectivity index (χ4v) is 3.28. The molecule has 1 N–H and O–H groups in total. The van der Waals surface area contributed by atoms with Crippen LogP contribution in [0.2, 0.25) is 0 Å². The zero-order chi connectivity index (χ0) is 21.7. The lowest BCUT2D eigenvalue weighted by Crippen LogP contribution is -2.25. The highest BCUT2D eigenvalue weighted by Gasteiger charge is 2.14. The van der Waals surface area contributed by atoms with E-state index in [-0.39, 0.29) is 12.2 Å². The second-order valence-electron chi connectivity index (χ2n) is 6.35. The first-order valence-electron chi connectivity index (χ1n) is 9.04. The van der Waals surface area contributed by atoms with Gasteiger partial charge in [0.1, 0.15) is 11.5 Å². The van der Waals surface area contributed by atoms with Crippen molar-refractivity contribution >= 4 is 28.1 Å². The highest BCUT2D eigenvalue weighted by molar-refractivity contribution is 9.10. The summed E-state index contributed by atoms with van der Waals surface area (Å²) in [5.41, 5.74) is 4.01. The molecule has 1 heterocycles. The summed E-state index contributed by atoms with van der Waals surface area (Å²) in [6, 6.07) is 14.5. The Morgan fingerprint density at radius 2 is 1.97 bits per heavy atom. The molecule has 0 saturated heterocycles. The van der Waals surface area contributed by atoms with E-state index in [0.717, 1.165) is 11.4 Å². The molecule has 8 nitrogen and oxygen atoms in total. The summed E-state index contributed by atoms with van der Waals surface area (Å²) >= 11 is 3.36. The van der Waals surface area contributed by atoms with Crippen molar-refractivity contribution in [1.82, 2.24) is 14.8 Å². The van der Waals surface area contributed by atoms with Gasteiger partial charge in [-0.2, -0.15) is 5.10 Å². The molecular weight excluding hydrogens is 452 g/mol. The standard InChI is InChI=1S/C21H21BrN4O4/c1-14-17(21(28)26(25(14)2)15-7-5-4-6-8-15)12-23-24-20(27)13-30-19-10-9-16(29-3)11-18(19)22/h4-12H,13H2,1-3H3,(H,24,27)/b23-12+. The van der Waals surface area contributed by atoms with Gasteiger partial charge >= 0.3 is 0 Å². The molecule has 0 unspecified atom stereocenters. The van der Waals surface area contributed by atoms with Crippen molar-refractivity contribution in [2.45, 2.75) is 6.92 Å². The number of carbonyl (C=O) groups excluding carboxylic acids is 1. The number of methoxy groups -OCH3 is 1. The third-order valence-corrected chi connectivity index (χ3v) is 5.10. The number of aromatic nitrogens is 2. The van der Waals surface area contributed by atoms with Gasteiger partial charge in [0, 0.05) is 12.7 Å². The zero-order valence-electron chi connectivity index (χ0n) is 16.8. The van der Waals surface area contributed by atoms with Crippen LogP contribution in [-0.4, -0.2) is 35.2 Å². The van der Waals surface area contributed by atoms with Crippen LogP contribution in [0, 0.1) is 6.92 Å². The van der Waals surface area contributed by atoms with Gasteiger partial charge in [-0.25, -0.2) is 10.1 Å². The first-order valence-corrected chi connectivity index (χ1v) is 9.84. The molecule has 1 aromatic heterocycles. The number of rotatable bonds is 7. The molecule has 0 atom stereocenters. The molecule has 0 aliphatic heterocycles. The van der Waals surface area contributed by atoms with E-state index in [2.05, 4.69) is 26.5 Å². The minimum atomic E-state index is -0.453. The van der Waals surface area contributed by atoms with Crippen LogP contribution in [0.1, 0.15) is 11.3 Å². The number of carbonyl (C=O) groups is 1. The van der Waals surface area contributed by atoms with Gasteiger partial charge in [-0.3, -0.25) is 14.3 Å². The summed E-state index contributed by atoms with van der Waals surface area (Å²) in [5, 5.41) is 3.91. The van der Waals surface area contributed by atoms with E-state index in [1.54, 1.807) is 41.7 Å². The summed E-state index contributed by atoms with van der Waals surface area (Å²) in [4.78, 5) is 24.8. The molecule has 3 rings (SSSR count). The van der Waals surface area contributed by atoms with Crippen molar-refractivity contribution in [1.29, 1.82) is 0 Å². The Kier molecular flexibility index (Phi) is 6.73. The molecule has 30 heavy (non-hydrogen) atoms. The second-order valence-corrected chi connectivity index (χ2v) is 7.21. The Labute approximate surface area is 181 Å². The number of nitrogens with zero attached hydrogens (tertiary/aromatic N) is 3. The minimum Gasteiger partial charge on any atom is -0.497 e. The average molecular weight is 473 g/mol. The highest BCUT2D eigenvalue weighted by Crippen LogP contribution is 2.28. The van der Waals surface area contributed by atoms with Gasteiger partial charge in [0.15, 0.2) is 6.61 Å². The zero-order valence-corrected chi connectivity index (χ0v) is 18.3. The number of hydrogen-bond acceptors (Lipinski definition) is 5. The van der Waals surface area contributed by atoms with Crippen LogP contribution in [0.15, 0.2) is 62.9 Å². The third-order valence-electron chi connectivity index (χ3n) is 4.48. The summed E-state index contributed by atoms with van der Waals surface area (Å²) in [6.07, 6.45) is 1.35. The molecule has 156 valence electrons. The normalized spacial score (nSPS) is 10.9. The number of para-hydroxylation sites is 1. The van der Waals surface area contributed by atoms with Crippen LogP contribution in [0.25, 0.3) is 5.69 Å². The highest BCUT2D eigenvalue weighted by atomic mass is 79.9. The number of nitrogens with one attached hydrogen (secondary N) is 1. The number of hydrogen-bond donors (Lipinski definition) is 1. The number of amides is 1. The molecule has 9 heteroatoms. The van der Waals surface area contributed by atoms with Crippen molar-refractivity contribution in [2.24, 2.45) is 12.1 Å². The largest absolute Gasteiger partial charge is 0.497 e. The monoisotopic (exact) mass is 472 g/mol. The summed E-state index contributed by atoms with van der Waals surface area (Å²) in [7, 11) is 3.36. The molecule has 0 saturated carbocycles. The van der Waals surface area contributed by atoms with Crippen LogP contribution in [0.5, 0.6) is 11.5 Å². The van der Waals surface area contributed by atoms with Crippen LogP contribution in [0.4, 0.5) is 0 Å². The number of ether oxygens (including phenoxy) is 2. The van der Waals surface area contributed by atoms with E-state index in [4.69, 9.17) is 9.47 Å². The van der Waals surface area contributed by atoms with Gasteiger partial charge in [-0.05, 0) is 53.2 Å². The molecule has 0 radical (unpaired) electrons. The van der Waals surface area contributed by atoms with Crippen molar-refractivity contribution in [2.75, 3.05) is 13.7 Å². The Morgan fingerprint density at radius 1 is 1.23 bits per heavy atom. The first kappa shape index (κ1) is 21.4. The van der Waals surface area contributed by atoms with Gasteiger partial charge in [0.05, 0.1) is 29.0 Å². The van der Waals surface area contributed by atoms with Crippen LogP contribution < -0.4 is 20.5 Å². The van der Waals surface area contributed by atoms with E-state index in [0.29, 0.717) is 21.5 Å². The van der Waals surface area contributed by atoms with Crippen molar-refractivity contribution in [3.8, 4) is 17.2 Å². The van der Waals surface area contributed by atoms with Crippen molar-refractivity contribution in [3.05, 3.63) is 74.6 Å². The summed E-state index contributed by atoms with van der Waals surface area (Å²) in [5.74, 6) is 0.716. The van der Waals surface area contributed by atoms with Gasteiger partial charge in [0.25, 0.3) is 11.5 Å². The van der Waals surface area contributed by atoms with Crippen LogP contribution in [0.3, 0.4) is 0 Å². The molecule has 0 bridgehead atoms. The van der Waals surface area contributed by atoms with Gasteiger partial charge in [-0.1, -0.05) is 18.2 Å². The quantitative estimate of drug-likeness (QED) is 0.423. The van der Waals surface area contributed by atoms with Crippen LogP contribution >= 0.6 is 15.9 Å². The Bertz CT molecular complexity index is 1140. The number of hydrazone groups is 1. The predicted molar refractivity (Wildman–Crippen MR) is 118 cm³/mol. The molecule has 0 spiro atoms. The molecule has 3 aromatic rings. The third kappa shape index (κ3) is 4.62. The molecule has 0 aliphatic carbocycles. The second kappa shape index (κ2) is 9.45. The van der Waals surface area contributed by atoms with Gasteiger partial charge in [0.2, 0.25) is 0 Å².